The van der Waals surface area contributed by atoms with Gasteiger partial charge in [-0.15, -0.1) is 0 Å². The van der Waals surface area contributed by atoms with Crippen molar-refractivity contribution in [1.29, 1.82) is 0 Å². The maximum Gasteiger partial charge on any atom is 0.206 e. The van der Waals surface area contributed by atoms with Gasteiger partial charge in [0.2, 0.25) is 9.84 Å². The van der Waals surface area contributed by atoms with Crippen LogP contribution in [-0.4, -0.2) is 13.4 Å². The lowest BCUT2D eigenvalue weighted by atomic mass is 10.1. The molecule has 3 nitrogen and oxygen atoms in total. The molecule has 3 rings (SSSR count). The Morgan fingerprint density at radius 2 is 1.61 bits per heavy atom. The van der Waals surface area contributed by atoms with Crippen LogP contribution in [0.25, 0.3) is 11.3 Å². The number of hydrogen-bond donors (Lipinski definition) is 0. The van der Waals surface area contributed by atoms with E-state index in [2.05, 4.69) is 4.98 Å². The van der Waals surface area contributed by atoms with E-state index < -0.39 is 9.84 Å². The third-order valence-corrected chi connectivity index (χ3v) is 5.62. The summed E-state index contributed by atoms with van der Waals surface area (Å²) < 4.78 is 25.6. The van der Waals surface area contributed by atoms with Gasteiger partial charge in [-0.3, -0.25) is 4.98 Å². The molecule has 0 saturated heterocycles. The number of hydrogen-bond acceptors (Lipinski definition) is 3. The van der Waals surface area contributed by atoms with Crippen molar-refractivity contribution in [3.05, 3.63) is 77.4 Å². The van der Waals surface area contributed by atoms with E-state index in [1.807, 2.05) is 13.0 Å². The summed E-state index contributed by atoms with van der Waals surface area (Å²) in [5, 5.41) is 0.464. The fourth-order valence-corrected chi connectivity index (χ4v) is 3.74. The molecule has 2 aromatic carbocycles. The first-order chi connectivity index (χ1) is 11.0. The monoisotopic (exact) mass is 343 g/mol. The molecule has 23 heavy (non-hydrogen) atoms. The average Bonchev–Trinajstić information content (AvgIpc) is 2.56. The lowest BCUT2D eigenvalue weighted by molar-refractivity contribution is 0.596. The molecule has 0 bridgehead atoms. The third kappa shape index (κ3) is 3.14. The van der Waals surface area contributed by atoms with E-state index in [1.165, 1.54) is 6.07 Å². The van der Waals surface area contributed by atoms with Crippen molar-refractivity contribution < 1.29 is 8.42 Å². The molecule has 1 aromatic heterocycles. The Morgan fingerprint density at radius 3 is 2.26 bits per heavy atom. The Labute approximate surface area is 140 Å². The summed E-state index contributed by atoms with van der Waals surface area (Å²) >= 11 is 6.21. The van der Waals surface area contributed by atoms with Crippen molar-refractivity contribution in [3.8, 4) is 11.3 Å². The van der Waals surface area contributed by atoms with Gasteiger partial charge in [0.1, 0.15) is 0 Å². The van der Waals surface area contributed by atoms with E-state index in [1.54, 1.807) is 54.7 Å². The number of aromatic nitrogens is 1. The summed E-state index contributed by atoms with van der Waals surface area (Å²) in [6, 6.07) is 16.9. The van der Waals surface area contributed by atoms with E-state index >= 15 is 0 Å². The lowest BCUT2D eigenvalue weighted by Crippen LogP contribution is -2.02. The number of aryl methyl sites for hydroxylation is 1. The second kappa shape index (κ2) is 6.14. The molecule has 0 aliphatic carbocycles. The van der Waals surface area contributed by atoms with E-state index in [-0.39, 0.29) is 9.79 Å². The molecule has 0 aliphatic heterocycles. The Morgan fingerprint density at radius 1 is 0.913 bits per heavy atom. The van der Waals surface area contributed by atoms with Crippen molar-refractivity contribution in [3.63, 3.8) is 0 Å². The minimum Gasteiger partial charge on any atom is -0.256 e. The number of sulfone groups is 1. The van der Waals surface area contributed by atoms with Crippen LogP contribution in [0, 0.1) is 6.92 Å². The third-order valence-electron chi connectivity index (χ3n) is 3.52. The van der Waals surface area contributed by atoms with Crippen molar-refractivity contribution >= 4 is 21.4 Å². The molecule has 1 heterocycles. The minimum atomic E-state index is -3.59. The fourth-order valence-electron chi connectivity index (χ4n) is 2.24. The van der Waals surface area contributed by atoms with Crippen LogP contribution in [0.15, 0.2) is 76.7 Å². The molecule has 0 atom stereocenters. The van der Waals surface area contributed by atoms with Gasteiger partial charge < -0.3 is 0 Å². The van der Waals surface area contributed by atoms with E-state index in [4.69, 9.17) is 11.6 Å². The van der Waals surface area contributed by atoms with Gasteiger partial charge in [-0.2, -0.15) is 0 Å². The maximum atomic E-state index is 12.8. The molecule has 0 fully saturated rings. The zero-order valence-electron chi connectivity index (χ0n) is 12.4. The molecular formula is C18H14ClNO2S. The number of rotatable bonds is 3. The first kappa shape index (κ1) is 15.7. The van der Waals surface area contributed by atoms with Gasteiger partial charge in [0, 0.05) is 11.8 Å². The Bertz CT molecular complexity index is 937. The molecule has 0 amide bonds. The van der Waals surface area contributed by atoms with Crippen LogP contribution in [0.5, 0.6) is 0 Å². The second-order valence-electron chi connectivity index (χ2n) is 5.17. The molecular weight excluding hydrogens is 330 g/mol. The van der Waals surface area contributed by atoms with Crippen LogP contribution in [0.2, 0.25) is 5.02 Å². The van der Waals surface area contributed by atoms with Crippen LogP contribution in [0.3, 0.4) is 0 Å². The number of pyridine rings is 1. The first-order valence-electron chi connectivity index (χ1n) is 7.01. The van der Waals surface area contributed by atoms with Crippen LogP contribution in [0.4, 0.5) is 0 Å². The van der Waals surface area contributed by atoms with E-state index in [0.717, 1.165) is 5.56 Å². The predicted molar refractivity (Wildman–Crippen MR) is 91.3 cm³/mol. The highest BCUT2D eigenvalue weighted by Gasteiger charge is 2.19. The smallest absolute Gasteiger partial charge is 0.206 e. The topological polar surface area (TPSA) is 47.0 Å². The summed E-state index contributed by atoms with van der Waals surface area (Å²) in [6.07, 6.45) is 1.65. The molecule has 0 N–H and O–H groups in total. The Kier molecular flexibility index (Phi) is 4.20. The fraction of sp³-hybridized carbons (Fsp3) is 0.0556. The van der Waals surface area contributed by atoms with Gasteiger partial charge >= 0.3 is 0 Å². The van der Waals surface area contributed by atoms with Gasteiger partial charge in [0.15, 0.2) is 0 Å². The standard InChI is InChI=1S/C18H14ClNO2S/c1-13-5-7-14(8-6-13)23(21,22)15-9-10-17(19)16(12-15)18-4-2-3-11-20-18/h2-12H,1H3. The SMILES string of the molecule is Cc1ccc(S(=O)(=O)c2ccc(Cl)c(-c3ccccn3)c2)cc1. The minimum absolute atomic E-state index is 0.200. The second-order valence-corrected chi connectivity index (χ2v) is 7.53. The Hall–Kier alpha value is -2.17. The van der Waals surface area contributed by atoms with Crippen LogP contribution in [-0.2, 0) is 9.84 Å². The van der Waals surface area contributed by atoms with Crippen LogP contribution in [0.1, 0.15) is 5.56 Å². The number of halogens is 1. The zero-order chi connectivity index (χ0) is 16.4. The summed E-state index contributed by atoms with van der Waals surface area (Å²) in [5.74, 6) is 0. The summed E-state index contributed by atoms with van der Waals surface area (Å²) in [7, 11) is -3.59. The van der Waals surface area contributed by atoms with E-state index in [9.17, 15) is 8.42 Å². The highest BCUT2D eigenvalue weighted by atomic mass is 35.5. The molecule has 3 aromatic rings. The van der Waals surface area contributed by atoms with E-state index in [0.29, 0.717) is 16.3 Å². The van der Waals surface area contributed by atoms with Crippen molar-refractivity contribution in [2.24, 2.45) is 0 Å². The summed E-state index contributed by atoms with van der Waals surface area (Å²) in [5.41, 5.74) is 2.24. The summed E-state index contributed by atoms with van der Waals surface area (Å²) in [6.45, 7) is 1.91. The molecule has 0 saturated carbocycles. The molecule has 0 radical (unpaired) electrons. The molecule has 0 unspecified atom stereocenters. The van der Waals surface area contributed by atoms with Gasteiger partial charge in [-0.05, 0) is 49.4 Å². The van der Waals surface area contributed by atoms with Crippen LogP contribution >= 0.6 is 11.6 Å². The van der Waals surface area contributed by atoms with Gasteiger partial charge in [0.05, 0.1) is 20.5 Å². The Balaban J connectivity index is 2.12. The largest absolute Gasteiger partial charge is 0.256 e. The first-order valence-corrected chi connectivity index (χ1v) is 8.87. The van der Waals surface area contributed by atoms with Gasteiger partial charge in [0.25, 0.3) is 0 Å². The van der Waals surface area contributed by atoms with Gasteiger partial charge in [-0.25, -0.2) is 8.42 Å². The molecule has 0 aliphatic rings. The predicted octanol–water partition coefficient (Wildman–Crippen LogP) is 4.54. The average molecular weight is 344 g/mol. The van der Waals surface area contributed by atoms with Crippen LogP contribution < -0.4 is 0 Å². The molecule has 0 spiro atoms. The normalized spacial score (nSPS) is 11.4. The summed E-state index contributed by atoms with van der Waals surface area (Å²) in [4.78, 5) is 4.70. The quantitative estimate of drug-likeness (QED) is 0.701. The van der Waals surface area contributed by atoms with Crippen molar-refractivity contribution in [2.75, 3.05) is 0 Å². The highest BCUT2D eigenvalue weighted by Crippen LogP contribution is 2.31. The number of nitrogens with zero attached hydrogens (tertiary/aromatic N) is 1. The number of benzene rings is 2. The molecule has 116 valence electrons. The highest BCUT2D eigenvalue weighted by molar-refractivity contribution is 7.91. The van der Waals surface area contributed by atoms with Gasteiger partial charge in [-0.1, -0.05) is 35.4 Å². The van der Waals surface area contributed by atoms with Crippen molar-refractivity contribution in [1.82, 2.24) is 4.98 Å². The van der Waals surface area contributed by atoms with Crippen molar-refractivity contribution in [2.45, 2.75) is 16.7 Å². The lowest BCUT2D eigenvalue weighted by Gasteiger charge is -2.09. The maximum absolute atomic E-state index is 12.8. The zero-order valence-corrected chi connectivity index (χ0v) is 14.0. The molecule has 5 heteroatoms.